The zero-order chi connectivity index (χ0) is 15.0. The zero-order valence-corrected chi connectivity index (χ0v) is 12.9. The first-order valence-corrected chi connectivity index (χ1v) is 8.45. The molecule has 0 spiro atoms. The summed E-state index contributed by atoms with van der Waals surface area (Å²) in [6.07, 6.45) is 7.29. The van der Waals surface area contributed by atoms with Gasteiger partial charge in [0.1, 0.15) is 16.9 Å². The first-order chi connectivity index (χ1) is 9.99. The molecule has 2 heterocycles. The van der Waals surface area contributed by atoms with E-state index in [1.54, 1.807) is 13.1 Å². The molecule has 2 aromatic heterocycles. The molecule has 0 radical (unpaired) electrons. The van der Waals surface area contributed by atoms with Crippen molar-refractivity contribution >= 4 is 15.7 Å². The Labute approximate surface area is 123 Å². The number of nitrogens with zero attached hydrogens (tertiary/aromatic N) is 3. The quantitative estimate of drug-likeness (QED) is 0.936. The van der Waals surface area contributed by atoms with Crippen LogP contribution in [-0.4, -0.2) is 23.4 Å². The van der Waals surface area contributed by atoms with Gasteiger partial charge in [0.05, 0.1) is 23.6 Å². The topological polar surface area (TPSA) is 90.0 Å². The van der Waals surface area contributed by atoms with Crippen molar-refractivity contribution in [2.75, 3.05) is 4.72 Å². The van der Waals surface area contributed by atoms with Gasteiger partial charge in [0.2, 0.25) is 0 Å². The highest BCUT2D eigenvalue weighted by atomic mass is 32.2. The average molecular weight is 310 g/mol. The summed E-state index contributed by atoms with van der Waals surface area (Å²) in [4.78, 5) is 0.0514. The van der Waals surface area contributed by atoms with Crippen LogP contribution in [0.4, 0.5) is 5.69 Å². The maximum atomic E-state index is 12.3. The van der Waals surface area contributed by atoms with E-state index in [2.05, 4.69) is 15.0 Å². The lowest BCUT2D eigenvalue weighted by atomic mass is 10.2. The van der Waals surface area contributed by atoms with E-state index in [1.165, 1.54) is 12.8 Å². The molecule has 1 saturated carbocycles. The fourth-order valence-electron chi connectivity index (χ4n) is 2.78. The number of rotatable bonds is 4. The minimum absolute atomic E-state index is 0.0514. The second-order valence-electron chi connectivity index (χ2n) is 5.40. The predicted octanol–water partition coefficient (Wildman–Crippen LogP) is 2.40. The molecule has 3 rings (SSSR count). The standard InChI is InChI=1S/C13H18N4O3S/c1-9-13(8-20-15-9)21(18,19)16-12-7-14-17(10(12)2)11-5-3-4-6-11/h7-8,11,16H,3-6H2,1-2H3. The number of hydrogen-bond donors (Lipinski definition) is 1. The lowest BCUT2D eigenvalue weighted by molar-refractivity contribution is 0.413. The van der Waals surface area contributed by atoms with Crippen LogP contribution in [0.2, 0.25) is 0 Å². The van der Waals surface area contributed by atoms with Crippen LogP contribution in [0.1, 0.15) is 43.1 Å². The van der Waals surface area contributed by atoms with Gasteiger partial charge in [-0.1, -0.05) is 18.0 Å². The lowest BCUT2D eigenvalue weighted by Gasteiger charge is -2.13. The van der Waals surface area contributed by atoms with Gasteiger partial charge in [-0.05, 0) is 26.7 Å². The van der Waals surface area contributed by atoms with Crippen molar-refractivity contribution < 1.29 is 12.9 Å². The van der Waals surface area contributed by atoms with E-state index >= 15 is 0 Å². The molecule has 114 valence electrons. The molecule has 0 atom stereocenters. The van der Waals surface area contributed by atoms with Crippen molar-refractivity contribution in [3.8, 4) is 0 Å². The van der Waals surface area contributed by atoms with E-state index in [9.17, 15) is 8.42 Å². The average Bonchev–Trinajstić information content (AvgIpc) is 3.12. The van der Waals surface area contributed by atoms with Gasteiger partial charge in [-0.2, -0.15) is 5.10 Å². The Bertz CT molecular complexity index is 741. The van der Waals surface area contributed by atoms with Crippen LogP contribution in [0.3, 0.4) is 0 Å². The third-order valence-corrected chi connectivity index (χ3v) is 5.41. The minimum atomic E-state index is -3.69. The third-order valence-electron chi connectivity index (χ3n) is 3.96. The molecule has 8 heteroatoms. The van der Waals surface area contributed by atoms with E-state index in [4.69, 9.17) is 4.52 Å². The summed E-state index contributed by atoms with van der Waals surface area (Å²) in [7, 11) is -3.69. The van der Waals surface area contributed by atoms with Crippen LogP contribution >= 0.6 is 0 Å². The molecule has 1 aliphatic rings. The van der Waals surface area contributed by atoms with Gasteiger partial charge >= 0.3 is 0 Å². The van der Waals surface area contributed by atoms with Crippen molar-refractivity contribution in [1.82, 2.24) is 14.9 Å². The number of aryl methyl sites for hydroxylation is 1. The fourth-order valence-corrected chi connectivity index (χ4v) is 3.98. The number of hydrogen-bond acceptors (Lipinski definition) is 5. The fraction of sp³-hybridized carbons (Fsp3) is 0.538. The maximum Gasteiger partial charge on any atom is 0.267 e. The Balaban J connectivity index is 1.87. The van der Waals surface area contributed by atoms with E-state index in [0.29, 0.717) is 17.4 Å². The molecule has 0 aromatic carbocycles. The Morgan fingerprint density at radius 2 is 2.05 bits per heavy atom. The first kappa shape index (κ1) is 14.1. The van der Waals surface area contributed by atoms with E-state index in [0.717, 1.165) is 24.8 Å². The number of aromatic nitrogens is 3. The molecule has 0 saturated heterocycles. The molecular formula is C13H18N4O3S. The molecule has 0 aliphatic heterocycles. The summed E-state index contributed by atoms with van der Waals surface area (Å²) in [5.74, 6) is 0. The maximum absolute atomic E-state index is 12.3. The van der Waals surface area contributed by atoms with Crippen molar-refractivity contribution in [1.29, 1.82) is 0 Å². The van der Waals surface area contributed by atoms with Crippen LogP contribution in [0.5, 0.6) is 0 Å². The summed E-state index contributed by atoms with van der Waals surface area (Å²) in [6, 6.07) is 0.376. The van der Waals surface area contributed by atoms with Gasteiger partial charge in [0, 0.05) is 0 Å². The summed E-state index contributed by atoms with van der Waals surface area (Å²) >= 11 is 0. The molecule has 0 bridgehead atoms. The van der Waals surface area contributed by atoms with Crippen LogP contribution in [-0.2, 0) is 10.0 Å². The lowest BCUT2D eigenvalue weighted by Crippen LogP contribution is -2.14. The number of nitrogens with one attached hydrogen (secondary N) is 1. The van der Waals surface area contributed by atoms with Crippen LogP contribution in [0.15, 0.2) is 21.9 Å². The smallest absolute Gasteiger partial charge is 0.267 e. The molecule has 21 heavy (non-hydrogen) atoms. The summed E-state index contributed by atoms with van der Waals surface area (Å²) in [5, 5.41) is 7.94. The highest BCUT2D eigenvalue weighted by Crippen LogP contribution is 2.32. The van der Waals surface area contributed by atoms with E-state index in [1.807, 2.05) is 11.6 Å². The second-order valence-corrected chi connectivity index (χ2v) is 7.05. The second kappa shape index (κ2) is 5.18. The van der Waals surface area contributed by atoms with E-state index in [-0.39, 0.29) is 4.90 Å². The van der Waals surface area contributed by atoms with Crippen molar-refractivity contribution in [2.24, 2.45) is 0 Å². The minimum Gasteiger partial charge on any atom is -0.363 e. The number of sulfonamides is 1. The molecule has 0 unspecified atom stereocenters. The first-order valence-electron chi connectivity index (χ1n) is 6.97. The zero-order valence-electron chi connectivity index (χ0n) is 12.0. The molecule has 0 amide bonds. The predicted molar refractivity (Wildman–Crippen MR) is 76.5 cm³/mol. The van der Waals surface area contributed by atoms with E-state index < -0.39 is 10.0 Å². The largest absolute Gasteiger partial charge is 0.363 e. The molecule has 1 fully saturated rings. The van der Waals surface area contributed by atoms with Crippen LogP contribution < -0.4 is 4.72 Å². The van der Waals surface area contributed by atoms with Crippen molar-refractivity contribution in [3.05, 3.63) is 23.8 Å². The van der Waals surface area contributed by atoms with Gasteiger partial charge in [-0.25, -0.2) is 8.42 Å². The van der Waals surface area contributed by atoms with Crippen molar-refractivity contribution in [2.45, 2.75) is 50.5 Å². The van der Waals surface area contributed by atoms with Crippen molar-refractivity contribution in [3.63, 3.8) is 0 Å². The Kier molecular flexibility index (Phi) is 3.48. The summed E-state index contributed by atoms with van der Waals surface area (Å²) < 4.78 is 33.8. The SMILES string of the molecule is Cc1nocc1S(=O)(=O)Nc1cnn(C2CCCC2)c1C. The highest BCUT2D eigenvalue weighted by molar-refractivity contribution is 7.92. The normalized spacial score (nSPS) is 16.5. The summed E-state index contributed by atoms with van der Waals surface area (Å²) in [6.45, 7) is 3.47. The van der Waals surface area contributed by atoms with Gasteiger partial charge in [0.25, 0.3) is 10.0 Å². The molecule has 1 aliphatic carbocycles. The molecular weight excluding hydrogens is 292 g/mol. The Hall–Kier alpha value is -1.83. The monoisotopic (exact) mass is 310 g/mol. The van der Waals surface area contributed by atoms with Gasteiger partial charge in [-0.3, -0.25) is 9.40 Å². The molecule has 2 aromatic rings. The Morgan fingerprint density at radius 3 is 2.67 bits per heavy atom. The van der Waals surface area contributed by atoms with Crippen LogP contribution in [0, 0.1) is 13.8 Å². The number of anilines is 1. The third kappa shape index (κ3) is 2.55. The molecule has 1 N–H and O–H groups in total. The summed E-state index contributed by atoms with van der Waals surface area (Å²) in [5.41, 5.74) is 1.67. The highest BCUT2D eigenvalue weighted by Gasteiger charge is 2.24. The van der Waals surface area contributed by atoms with Gasteiger partial charge in [0.15, 0.2) is 0 Å². The molecule has 7 nitrogen and oxygen atoms in total. The van der Waals surface area contributed by atoms with Crippen LogP contribution in [0.25, 0.3) is 0 Å². The Morgan fingerprint density at radius 1 is 1.33 bits per heavy atom. The van der Waals surface area contributed by atoms with Gasteiger partial charge in [-0.15, -0.1) is 0 Å². The van der Waals surface area contributed by atoms with Gasteiger partial charge < -0.3 is 4.52 Å².